The second-order valence-electron chi connectivity index (χ2n) is 4.38. The molecule has 0 radical (unpaired) electrons. The van der Waals surface area contributed by atoms with Gasteiger partial charge in [-0.15, -0.1) is 0 Å². The van der Waals surface area contributed by atoms with E-state index in [1.807, 2.05) is 0 Å². The van der Waals surface area contributed by atoms with Gasteiger partial charge in [-0.3, -0.25) is 0 Å². The smallest absolute Gasteiger partial charge is 0.335 e. The molecule has 0 aliphatic heterocycles. The van der Waals surface area contributed by atoms with Gasteiger partial charge in [0.15, 0.2) is 0 Å². The summed E-state index contributed by atoms with van der Waals surface area (Å²) in [5.41, 5.74) is 0. The van der Waals surface area contributed by atoms with Crippen molar-refractivity contribution in [3.63, 3.8) is 0 Å². The first kappa shape index (κ1) is 23.9. The van der Waals surface area contributed by atoms with Gasteiger partial charge in [0.25, 0.3) is 0 Å². The number of hydrogen-bond donors (Lipinski definition) is 2. The van der Waals surface area contributed by atoms with Crippen LogP contribution in [0.4, 0.5) is 65.9 Å². The molecule has 0 saturated carbocycles. The number of alkyl halides is 15. The Bertz CT molecular complexity index is 490. The lowest BCUT2D eigenvalue weighted by Crippen LogP contribution is -2.74. The van der Waals surface area contributed by atoms with Crippen molar-refractivity contribution in [3.8, 4) is 0 Å². The molecular formula is C8H3F15O2. The predicted octanol–water partition coefficient (Wildman–Crippen LogP) is 3.67. The van der Waals surface area contributed by atoms with Crippen molar-refractivity contribution in [1.29, 1.82) is 0 Å². The summed E-state index contributed by atoms with van der Waals surface area (Å²) in [5, 5.41) is 15.2. The average Bonchev–Trinajstić information content (AvgIpc) is 2.35. The van der Waals surface area contributed by atoms with Gasteiger partial charge in [0.05, 0.1) is 0 Å². The van der Waals surface area contributed by atoms with Crippen LogP contribution in [-0.4, -0.2) is 58.2 Å². The van der Waals surface area contributed by atoms with Gasteiger partial charge in [-0.05, 0) is 0 Å². The molecule has 0 unspecified atom stereocenters. The predicted molar refractivity (Wildman–Crippen MR) is 44.0 cm³/mol. The molecular weight excluding hydrogens is 413 g/mol. The Kier molecular flexibility index (Phi) is 5.43. The Morgan fingerprint density at radius 1 is 0.440 bits per heavy atom. The van der Waals surface area contributed by atoms with Crippen LogP contribution in [-0.2, 0) is 0 Å². The van der Waals surface area contributed by atoms with E-state index in [-0.39, 0.29) is 0 Å². The molecule has 25 heavy (non-hydrogen) atoms. The highest BCUT2D eigenvalue weighted by Crippen LogP contribution is 2.61. The van der Waals surface area contributed by atoms with Gasteiger partial charge in [0.1, 0.15) is 0 Å². The molecule has 0 saturated heterocycles. The van der Waals surface area contributed by atoms with Crippen molar-refractivity contribution in [2.75, 3.05) is 0 Å². The van der Waals surface area contributed by atoms with Crippen LogP contribution in [0.15, 0.2) is 0 Å². The van der Waals surface area contributed by atoms with E-state index in [4.69, 9.17) is 10.2 Å². The zero-order valence-electron chi connectivity index (χ0n) is 10.6. The van der Waals surface area contributed by atoms with Crippen molar-refractivity contribution in [2.24, 2.45) is 0 Å². The van der Waals surface area contributed by atoms with Gasteiger partial charge in [0.2, 0.25) is 0 Å². The first-order valence-corrected chi connectivity index (χ1v) is 5.13. The number of aliphatic hydroxyl groups is 2. The van der Waals surface area contributed by atoms with E-state index < -0.39 is 48.0 Å². The summed E-state index contributed by atoms with van der Waals surface area (Å²) < 4.78 is 188. The largest absolute Gasteiger partial charge is 0.400 e. The quantitative estimate of drug-likeness (QED) is 0.492. The molecule has 0 rings (SSSR count). The Labute approximate surface area is 125 Å². The summed E-state index contributed by atoms with van der Waals surface area (Å²) in [7, 11) is 0. The standard InChI is InChI=1S/C8H3F15O2/c9-1(10)2(11,12)3(13,14)4(15,16)5(17,18)6(19,20)7(21,22)8(23,24)25/h1,24-25H. The highest BCUT2D eigenvalue weighted by atomic mass is 19.4. The molecule has 0 spiro atoms. The first-order valence-electron chi connectivity index (χ1n) is 5.13. The topological polar surface area (TPSA) is 40.5 Å². The number of halogens is 15. The minimum absolute atomic E-state index is 5.85. The molecule has 0 bridgehead atoms. The van der Waals surface area contributed by atoms with E-state index >= 15 is 0 Å². The van der Waals surface area contributed by atoms with Gasteiger partial charge >= 0.3 is 48.0 Å². The molecule has 2 nitrogen and oxygen atoms in total. The molecule has 0 fully saturated rings. The maximum absolute atomic E-state index is 12.9. The second kappa shape index (κ2) is 5.68. The molecule has 0 heterocycles. The molecule has 152 valence electrons. The van der Waals surface area contributed by atoms with Crippen molar-refractivity contribution in [3.05, 3.63) is 0 Å². The highest BCUT2D eigenvalue weighted by Gasteiger charge is 2.93. The molecule has 0 aromatic rings. The summed E-state index contributed by atoms with van der Waals surface area (Å²) in [4.78, 5) is 0. The number of rotatable bonds is 7. The summed E-state index contributed by atoms with van der Waals surface area (Å²) in [6.07, 6.45) is -5.85. The van der Waals surface area contributed by atoms with Gasteiger partial charge in [-0.2, -0.15) is 57.1 Å². The van der Waals surface area contributed by atoms with Crippen LogP contribution in [0.5, 0.6) is 0 Å². The van der Waals surface area contributed by atoms with Crippen LogP contribution < -0.4 is 0 Å². The van der Waals surface area contributed by atoms with E-state index in [2.05, 4.69) is 0 Å². The van der Waals surface area contributed by atoms with Crippen LogP contribution in [0.2, 0.25) is 0 Å². The molecule has 0 aliphatic rings. The lowest BCUT2D eigenvalue weighted by atomic mass is 9.91. The molecule has 0 aliphatic carbocycles. The zero-order chi connectivity index (χ0) is 21.1. The summed E-state index contributed by atoms with van der Waals surface area (Å²) in [5.74, 6) is -48.1. The molecule has 17 heteroatoms. The lowest BCUT2D eigenvalue weighted by Gasteiger charge is -2.41. The lowest BCUT2D eigenvalue weighted by molar-refractivity contribution is -0.476. The summed E-state index contributed by atoms with van der Waals surface area (Å²) in [6.45, 7) is 0. The van der Waals surface area contributed by atoms with Crippen LogP contribution >= 0.6 is 0 Å². The normalized spacial score (nSPS) is 16.6. The third-order valence-corrected chi connectivity index (χ3v) is 2.67. The Hall–Kier alpha value is -1.13. The average molecular weight is 416 g/mol. The molecule has 0 atom stereocenters. The Balaban J connectivity index is 6.50. The van der Waals surface area contributed by atoms with E-state index in [0.29, 0.717) is 0 Å². The Morgan fingerprint density at radius 3 is 0.920 bits per heavy atom. The maximum Gasteiger partial charge on any atom is 0.400 e. The van der Waals surface area contributed by atoms with Crippen molar-refractivity contribution in [1.82, 2.24) is 0 Å². The van der Waals surface area contributed by atoms with Crippen molar-refractivity contribution >= 4 is 0 Å². The summed E-state index contributed by atoms with van der Waals surface area (Å²) >= 11 is 0. The Morgan fingerprint density at radius 2 is 0.680 bits per heavy atom. The first-order chi connectivity index (χ1) is 10.4. The van der Waals surface area contributed by atoms with Gasteiger partial charge < -0.3 is 10.2 Å². The van der Waals surface area contributed by atoms with Gasteiger partial charge in [0, 0.05) is 0 Å². The minimum Gasteiger partial charge on any atom is -0.335 e. The molecule has 2 N–H and O–H groups in total. The third kappa shape index (κ3) is 2.87. The van der Waals surface area contributed by atoms with Crippen LogP contribution in [0, 0.1) is 0 Å². The fraction of sp³-hybridized carbons (Fsp3) is 1.00. The summed E-state index contributed by atoms with van der Waals surface area (Å²) in [6, 6.07) is -6.73. The van der Waals surface area contributed by atoms with Crippen LogP contribution in [0.3, 0.4) is 0 Å². The second-order valence-corrected chi connectivity index (χ2v) is 4.38. The highest BCUT2D eigenvalue weighted by molar-refractivity contribution is 5.13. The molecule has 0 amide bonds. The van der Waals surface area contributed by atoms with Crippen molar-refractivity contribution < 1.29 is 76.1 Å². The van der Waals surface area contributed by atoms with Crippen LogP contribution in [0.1, 0.15) is 0 Å². The number of hydrogen-bond acceptors (Lipinski definition) is 2. The molecule has 0 aromatic heterocycles. The van der Waals surface area contributed by atoms with Gasteiger partial charge in [-0.25, -0.2) is 8.78 Å². The minimum atomic E-state index is -8.38. The van der Waals surface area contributed by atoms with Crippen LogP contribution in [0.25, 0.3) is 0 Å². The van der Waals surface area contributed by atoms with Crippen molar-refractivity contribution in [2.45, 2.75) is 48.0 Å². The monoisotopic (exact) mass is 416 g/mol. The zero-order valence-corrected chi connectivity index (χ0v) is 10.6. The van der Waals surface area contributed by atoms with E-state index in [0.717, 1.165) is 0 Å². The fourth-order valence-corrected chi connectivity index (χ4v) is 1.14. The molecule has 0 aromatic carbocycles. The SMILES string of the molecule is OC(O)(F)C(F)(F)C(F)(F)C(F)(F)C(F)(F)C(F)(F)C(F)(F)C(F)F. The third-order valence-electron chi connectivity index (χ3n) is 2.67. The van der Waals surface area contributed by atoms with E-state index in [1.165, 1.54) is 0 Å². The fourth-order valence-electron chi connectivity index (χ4n) is 1.14. The van der Waals surface area contributed by atoms with E-state index in [9.17, 15) is 65.9 Å². The maximum atomic E-state index is 12.9. The van der Waals surface area contributed by atoms with E-state index in [1.54, 1.807) is 0 Å². The van der Waals surface area contributed by atoms with Gasteiger partial charge in [-0.1, -0.05) is 0 Å².